The standard InChI is InChI=1S/C11H19N3O/c1-3-13(2)10-5-8-14(9-6-10)11(15)4-7-12/h10H,3-6,8-9H2,1-2H3. The highest BCUT2D eigenvalue weighted by Gasteiger charge is 2.23. The number of hydrogen-bond acceptors (Lipinski definition) is 3. The lowest BCUT2D eigenvalue weighted by molar-refractivity contribution is -0.131. The van der Waals surface area contributed by atoms with Gasteiger partial charge in [0.2, 0.25) is 5.91 Å². The van der Waals surface area contributed by atoms with E-state index in [-0.39, 0.29) is 12.3 Å². The van der Waals surface area contributed by atoms with Gasteiger partial charge in [0.25, 0.3) is 0 Å². The fourth-order valence-electron chi connectivity index (χ4n) is 1.99. The van der Waals surface area contributed by atoms with Crippen LogP contribution >= 0.6 is 0 Å². The molecule has 0 aromatic heterocycles. The summed E-state index contributed by atoms with van der Waals surface area (Å²) in [6, 6.07) is 2.51. The van der Waals surface area contributed by atoms with E-state index in [1.54, 1.807) is 0 Å². The highest BCUT2D eigenvalue weighted by Crippen LogP contribution is 2.15. The Morgan fingerprint density at radius 2 is 2.13 bits per heavy atom. The van der Waals surface area contributed by atoms with E-state index in [4.69, 9.17) is 5.26 Å². The smallest absolute Gasteiger partial charge is 0.236 e. The summed E-state index contributed by atoms with van der Waals surface area (Å²) in [6.45, 7) is 4.80. The Bertz CT molecular complexity index is 251. The topological polar surface area (TPSA) is 47.3 Å². The van der Waals surface area contributed by atoms with Crippen LogP contribution in [0.5, 0.6) is 0 Å². The Balaban J connectivity index is 2.36. The van der Waals surface area contributed by atoms with E-state index in [2.05, 4.69) is 18.9 Å². The van der Waals surface area contributed by atoms with Gasteiger partial charge in [-0.2, -0.15) is 5.26 Å². The third-order valence-corrected chi connectivity index (χ3v) is 3.17. The molecule has 0 N–H and O–H groups in total. The molecule has 0 aromatic rings. The molecule has 1 rings (SSSR count). The molecule has 1 aliphatic heterocycles. The Hall–Kier alpha value is -1.08. The van der Waals surface area contributed by atoms with Crippen molar-refractivity contribution in [2.75, 3.05) is 26.7 Å². The number of carbonyl (C=O) groups is 1. The normalized spacial score (nSPS) is 17.9. The Kier molecular flexibility index (Phi) is 4.57. The number of carbonyl (C=O) groups excluding carboxylic acids is 1. The molecule has 1 heterocycles. The minimum absolute atomic E-state index is 0.0184. The summed E-state index contributed by atoms with van der Waals surface area (Å²) < 4.78 is 0. The highest BCUT2D eigenvalue weighted by molar-refractivity contribution is 5.78. The summed E-state index contributed by atoms with van der Waals surface area (Å²) >= 11 is 0. The minimum atomic E-state index is -0.0184. The van der Waals surface area contributed by atoms with Gasteiger partial charge in [0, 0.05) is 19.1 Å². The zero-order valence-corrected chi connectivity index (χ0v) is 9.57. The van der Waals surface area contributed by atoms with E-state index < -0.39 is 0 Å². The van der Waals surface area contributed by atoms with Gasteiger partial charge in [-0.15, -0.1) is 0 Å². The van der Waals surface area contributed by atoms with Crippen LogP contribution in [0.15, 0.2) is 0 Å². The fourth-order valence-corrected chi connectivity index (χ4v) is 1.99. The Morgan fingerprint density at radius 1 is 1.53 bits per heavy atom. The van der Waals surface area contributed by atoms with E-state index >= 15 is 0 Å². The SMILES string of the molecule is CCN(C)C1CCN(C(=O)CC#N)CC1. The minimum Gasteiger partial charge on any atom is -0.342 e. The lowest BCUT2D eigenvalue weighted by Gasteiger charge is -2.36. The van der Waals surface area contributed by atoms with Crippen LogP contribution in [0.2, 0.25) is 0 Å². The molecule has 1 aliphatic rings. The molecule has 4 nitrogen and oxygen atoms in total. The molecule has 0 aromatic carbocycles. The number of hydrogen-bond donors (Lipinski definition) is 0. The van der Waals surface area contributed by atoms with Gasteiger partial charge in [-0.25, -0.2) is 0 Å². The number of nitrogens with zero attached hydrogens (tertiary/aromatic N) is 3. The van der Waals surface area contributed by atoms with E-state index in [0.717, 1.165) is 32.5 Å². The van der Waals surface area contributed by atoms with Crippen LogP contribution in [0, 0.1) is 11.3 Å². The molecule has 15 heavy (non-hydrogen) atoms. The third-order valence-electron chi connectivity index (χ3n) is 3.17. The average molecular weight is 209 g/mol. The molecule has 1 amide bonds. The summed E-state index contributed by atoms with van der Waals surface area (Å²) in [7, 11) is 2.12. The van der Waals surface area contributed by atoms with Crippen LogP contribution in [0.25, 0.3) is 0 Å². The maximum Gasteiger partial charge on any atom is 0.236 e. The van der Waals surface area contributed by atoms with Crippen molar-refractivity contribution >= 4 is 5.91 Å². The predicted molar refractivity (Wildman–Crippen MR) is 58.1 cm³/mol. The van der Waals surface area contributed by atoms with Gasteiger partial charge in [0.15, 0.2) is 0 Å². The molecule has 0 saturated carbocycles. The average Bonchev–Trinajstić information content (AvgIpc) is 2.28. The van der Waals surface area contributed by atoms with Crippen molar-refractivity contribution in [2.24, 2.45) is 0 Å². The van der Waals surface area contributed by atoms with E-state index in [0.29, 0.717) is 6.04 Å². The van der Waals surface area contributed by atoms with Gasteiger partial charge in [-0.05, 0) is 26.4 Å². The molecule has 1 saturated heterocycles. The Morgan fingerprint density at radius 3 is 2.60 bits per heavy atom. The molecule has 0 unspecified atom stereocenters. The largest absolute Gasteiger partial charge is 0.342 e. The first-order valence-electron chi connectivity index (χ1n) is 5.54. The first kappa shape index (κ1) is 12.0. The molecule has 0 bridgehead atoms. The van der Waals surface area contributed by atoms with Crippen LogP contribution in [0.1, 0.15) is 26.2 Å². The van der Waals surface area contributed by atoms with Crippen molar-refractivity contribution < 1.29 is 4.79 Å². The van der Waals surface area contributed by atoms with E-state index in [1.807, 2.05) is 11.0 Å². The van der Waals surface area contributed by atoms with Crippen molar-refractivity contribution in [3.05, 3.63) is 0 Å². The quantitative estimate of drug-likeness (QED) is 0.692. The van der Waals surface area contributed by atoms with Gasteiger partial charge < -0.3 is 9.80 Å². The van der Waals surface area contributed by atoms with Gasteiger partial charge in [-0.1, -0.05) is 6.92 Å². The summed E-state index contributed by atoms with van der Waals surface area (Å²) in [5.41, 5.74) is 0. The van der Waals surface area contributed by atoms with E-state index in [1.165, 1.54) is 0 Å². The molecular weight excluding hydrogens is 190 g/mol. The van der Waals surface area contributed by atoms with Crippen molar-refractivity contribution in [1.82, 2.24) is 9.80 Å². The number of nitriles is 1. The summed E-state index contributed by atoms with van der Waals surface area (Å²) in [5.74, 6) is -0.0184. The molecule has 84 valence electrons. The first-order valence-corrected chi connectivity index (χ1v) is 5.54. The molecule has 1 fully saturated rings. The third kappa shape index (κ3) is 3.21. The van der Waals surface area contributed by atoms with Crippen LogP contribution < -0.4 is 0 Å². The number of amides is 1. The summed E-state index contributed by atoms with van der Waals surface area (Å²) in [4.78, 5) is 15.6. The second kappa shape index (κ2) is 5.72. The van der Waals surface area contributed by atoms with Crippen molar-refractivity contribution in [3.63, 3.8) is 0 Å². The number of rotatable bonds is 3. The molecule has 0 radical (unpaired) electrons. The second-order valence-corrected chi connectivity index (χ2v) is 4.02. The first-order chi connectivity index (χ1) is 7.19. The van der Waals surface area contributed by atoms with Crippen LogP contribution in [-0.4, -0.2) is 48.4 Å². The van der Waals surface area contributed by atoms with Gasteiger partial charge in [-0.3, -0.25) is 4.79 Å². The van der Waals surface area contributed by atoms with Crippen molar-refractivity contribution in [3.8, 4) is 6.07 Å². The summed E-state index contributed by atoms with van der Waals surface area (Å²) in [6.07, 6.45) is 2.08. The number of likely N-dealkylation sites (tertiary alicyclic amines) is 1. The van der Waals surface area contributed by atoms with Crippen molar-refractivity contribution in [2.45, 2.75) is 32.2 Å². The molecule has 0 atom stereocenters. The van der Waals surface area contributed by atoms with Gasteiger partial charge >= 0.3 is 0 Å². The zero-order chi connectivity index (χ0) is 11.3. The van der Waals surface area contributed by atoms with Gasteiger partial charge in [0.05, 0.1) is 6.07 Å². The maximum absolute atomic E-state index is 11.4. The lowest BCUT2D eigenvalue weighted by atomic mass is 10.0. The fraction of sp³-hybridized carbons (Fsp3) is 0.818. The summed E-state index contributed by atoms with van der Waals surface area (Å²) in [5, 5.41) is 8.44. The lowest BCUT2D eigenvalue weighted by Crippen LogP contribution is -2.45. The van der Waals surface area contributed by atoms with Crippen LogP contribution in [-0.2, 0) is 4.79 Å². The van der Waals surface area contributed by atoms with E-state index in [9.17, 15) is 4.79 Å². The Labute approximate surface area is 91.5 Å². The molecule has 0 aliphatic carbocycles. The molecule has 0 spiro atoms. The predicted octanol–water partition coefficient (Wildman–Crippen LogP) is 0.843. The zero-order valence-electron chi connectivity index (χ0n) is 9.57. The second-order valence-electron chi connectivity index (χ2n) is 4.02. The van der Waals surface area contributed by atoms with Crippen LogP contribution in [0.4, 0.5) is 0 Å². The number of piperidine rings is 1. The van der Waals surface area contributed by atoms with Crippen LogP contribution in [0.3, 0.4) is 0 Å². The highest BCUT2D eigenvalue weighted by atomic mass is 16.2. The van der Waals surface area contributed by atoms with Gasteiger partial charge in [0.1, 0.15) is 6.42 Å². The molecule has 4 heteroatoms. The molecular formula is C11H19N3O. The van der Waals surface area contributed by atoms with Crippen molar-refractivity contribution in [1.29, 1.82) is 5.26 Å². The maximum atomic E-state index is 11.4. The monoisotopic (exact) mass is 209 g/mol.